The van der Waals surface area contributed by atoms with Crippen molar-refractivity contribution in [2.45, 2.75) is 56.9 Å². The molecule has 6 heteroatoms. The van der Waals surface area contributed by atoms with Crippen molar-refractivity contribution in [1.29, 1.82) is 0 Å². The summed E-state index contributed by atoms with van der Waals surface area (Å²) in [5.41, 5.74) is 6.29. The molecule has 1 unspecified atom stereocenters. The van der Waals surface area contributed by atoms with Crippen LogP contribution in [0.1, 0.15) is 44.9 Å². The van der Waals surface area contributed by atoms with Crippen LogP contribution in [0.25, 0.3) is 0 Å². The normalized spacial score (nSPS) is 27.3. The van der Waals surface area contributed by atoms with Gasteiger partial charge in [0.1, 0.15) is 0 Å². The Balaban J connectivity index is 1.96. The van der Waals surface area contributed by atoms with Crippen LogP contribution in [-0.2, 0) is 0 Å². The minimum absolute atomic E-state index is 0.0975. The summed E-state index contributed by atoms with van der Waals surface area (Å²) in [6.07, 6.45) is 7.84. The van der Waals surface area contributed by atoms with E-state index in [9.17, 15) is 10.0 Å². The van der Waals surface area contributed by atoms with Gasteiger partial charge < -0.3 is 20.7 Å². The summed E-state index contributed by atoms with van der Waals surface area (Å²) in [6.45, 7) is 0.807. The van der Waals surface area contributed by atoms with Crippen molar-refractivity contribution in [3.05, 3.63) is 0 Å². The number of thiocarbonyl (C=S) groups is 1. The van der Waals surface area contributed by atoms with Crippen LogP contribution in [0.15, 0.2) is 0 Å². The highest BCUT2D eigenvalue weighted by molar-refractivity contribution is 7.80. The molecule has 2 rings (SSSR count). The SMILES string of the molecule is N[C@H](C(=S)N1CCCC1B(O)O)C1CCCCC1. The maximum atomic E-state index is 9.38. The molecule has 0 aromatic carbocycles. The zero-order chi connectivity index (χ0) is 13.1. The van der Waals surface area contributed by atoms with Crippen LogP contribution in [0.3, 0.4) is 0 Å². The highest BCUT2D eigenvalue weighted by Crippen LogP contribution is 2.28. The number of rotatable bonds is 3. The first-order valence-electron chi connectivity index (χ1n) is 7.03. The highest BCUT2D eigenvalue weighted by atomic mass is 32.1. The van der Waals surface area contributed by atoms with E-state index in [2.05, 4.69) is 0 Å². The predicted molar refractivity (Wildman–Crippen MR) is 77.1 cm³/mol. The summed E-state index contributed by atoms with van der Waals surface area (Å²) >= 11 is 5.49. The van der Waals surface area contributed by atoms with Gasteiger partial charge in [0.25, 0.3) is 0 Å². The summed E-state index contributed by atoms with van der Waals surface area (Å²) in [5.74, 6) is 0.218. The molecule has 0 radical (unpaired) electrons. The quantitative estimate of drug-likeness (QED) is 0.520. The van der Waals surface area contributed by atoms with E-state index in [-0.39, 0.29) is 12.0 Å². The summed E-state index contributed by atoms with van der Waals surface area (Å²) in [4.78, 5) is 2.68. The van der Waals surface area contributed by atoms with E-state index in [1.54, 1.807) is 0 Å². The molecular weight excluding hydrogens is 247 g/mol. The van der Waals surface area contributed by atoms with Crippen molar-refractivity contribution in [3.63, 3.8) is 0 Å². The topological polar surface area (TPSA) is 69.7 Å². The minimum Gasteiger partial charge on any atom is -0.426 e. The number of nitrogens with two attached hydrogens (primary N) is 1. The van der Waals surface area contributed by atoms with Gasteiger partial charge in [-0.3, -0.25) is 0 Å². The van der Waals surface area contributed by atoms with Gasteiger partial charge in [-0.05, 0) is 31.6 Å². The van der Waals surface area contributed by atoms with Gasteiger partial charge in [-0.1, -0.05) is 31.5 Å². The van der Waals surface area contributed by atoms with E-state index in [0.717, 1.165) is 37.2 Å². The predicted octanol–water partition coefficient (Wildman–Crippen LogP) is 0.698. The number of hydrogen-bond acceptors (Lipinski definition) is 4. The molecule has 102 valence electrons. The molecule has 4 N–H and O–H groups in total. The van der Waals surface area contributed by atoms with Crippen molar-refractivity contribution in [2.24, 2.45) is 11.7 Å². The van der Waals surface area contributed by atoms with Crippen LogP contribution < -0.4 is 5.73 Å². The Morgan fingerprint density at radius 1 is 1.17 bits per heavy atom. The van der Waals surface area contributed by atoms with Crippen molar-refractivity contribution in [1.82, 2.24) is 4.90 Å². The van der Waals surface area contributed by atoms with Gasteiger partial charge in [0.2, 0.25) is 0 Å². The molecule has 1 heterocycles. The lowest BCUT2D eigenvalue weighted by Crippen LogP contribution is -2.52. The molecule has 1 aliphatic heterocycles. The van der Waals surface area contributed by atoms with Gasteiger partial charge in [0.15, 0.2) is 0 Å². The summed E-state index contributed by atoms with van der Waals surface area (Å²) in [6, 6.07) is -0.0975. The molecule has 1 saturated carbocycles. The molecule has 0 aromatic heterocycles. The maximum Gasteiger partial charge on any atom is 0.475 e. The number of hydrogen-bond donors (Lipinski definition) is 3. The fraction of sp³-hybridized carbons (Fsp3) is 0.917. The van der Waals surface area contributed by atoms with Crippen molar-refractivity contribution in [3.8, 4) is 0 Å². The summed E-state index contributed by atoms with van der Waals surface area (Å²) in [5, 5.41) is 18.8. The van der Waals surface area contributed by atoms with Gasteiger partial charge in [-0.25, -0.2) is 0 Å². The zero-order valence-electron chi connectivity index (χ0n) is 10.8. The summed E-state index contributed by atoms with van der Waals surface area (Å²) in [7, 11) is -1.32. The molecule has 2 fully saturated rings. The third-order valence-corrected chi connectivity index (χ3v) is 4.88. The first-order chi connectivity index (χ1) is 8.61. The zero-order valence-corrected chi connectivity index (χ0v) is 11.6. The van der Waals surface area contributed by atoms with Gasteiger partial charge in [-0.2, -0.15) is 0 Å². The maximum absolute atomic E-state index is 9.38. The van der Waals surface area contributed by atoms with Crippen LogP contribution in [0, 0.1) is 5.92 Å². The van der Waals surface area contributed by atoms with Crippen LogP contribution in [0.4, 0.5) is 0 Å². The Labute approximate surface area is 115 Å². The van der Waals surface area contributed by atoms with Crippen molar-refractivity contribution in [2.75, 3.05) is 6.54 Å². The van der Waals surface area contributed by atoms with Crippen molar-refractivity contribution < 1.29 is 10.0 Å². The van der Waals surface area contributed by atoms with Gasteiger partial charge >= 0.3 is 7.12 Å². The van der Waals surface area contributed by atoms with Crippen molar-refractivity contribution >= 4 is 24.3 Å². The van der Waals surface area contributed by atoms with E-state index in [4.69, 9.17) is 18.0 Å². The average molecular weight is 270 g/mol. The van der Waals surface area contributed by atoms with Crippen LogP contribution in [0.5, 0.6) is 0 Å². The Morgan fingerprint density at radius 2 is 1.83 bits per heavy atom. The van der Waals surface area contributed by atoms with Crippen LogP contribution in [0.2, 0.25) is 0 Å². The highest BCUT2D eigenvalue weighted by Gasteiger charge is 2.38. The van der Waals surface area contributed by atoms with E-state index < -0.39 is 7.12 Å². The molecule has 4 nitrogen and oxygen atoms in total. The second-order valence-electron chi connectivity index (χ2n) is 5.58. The molecule has 0 spiro atoms. The Kier molecular flexibility index (Phi) is 5.01. The lowest BCUT2D eigenvalue weighted by atomic mass is 9.77. The largest absolute Gasteiger partial charge is 0.475 e. The standard InChI is InChI=1S/C12H23BN2O2S/c14-11(9-5-2-1-3-6-9)12(18)15-8-4-7-10(15)13(16)17/h9-11,16-17H,1-8,14H2/t10?,11-/m0/s1. The molecule has 0 bridgehead atoms. The molecule has 1 aliphatic carbocycles. The van der Waals surface area contributed by atoms with E-state index in [1.807, 2.05) is 4.90 Å². The molecule has 2 atom stereocenters. The number of nitrogens with zero attached hydrogens (tertiary/aromatic N) is 1. The van der Waals surface area contributed by atoms with Gasteiger partial charge in [-0.15, -0.1) is 0 Å². The Hall–Kier alpha value is -0.165. The molecule has 18 heavy (non-hydrogen) atoms. The summed E-state index contributed by atoms with van der Waals surface area (Å²) < 4.78 is 0. The first kappa shape index (κ1) is 14.2. The second kappa shape index (κ2) is 6.32. The van der Waals surface area contributed by atoms with Crippen LogP contribution >= 0.6 is 12.2 Å². The molecular formula is C12H23BN2O2S. The smallest absolute Gasteiger partial charge is 0.426 e. The third kappa shape index (κ3) is 3.04. The van der Waals surface area contributed by atoms with Crippen LogP contribution in [-0.4, -0.2) is 45.6 Å². The fourth-order valence-corrected chi connectivity index (χ4v) is 3.68. The molecule has 1 saturated heterocycles. The molecule has 2 aliphatic rings. The Morgan fingerprint density at radius 3 is 2.44 bits per heavy atom. The first-order valence-corrected chi connectivity index (χ1v) is 7.44. The lowest BCUT2D eigenvalue weighted by Gasteiger charge is -2.34. The van der Waals surface area contributed by atoms with Gasteiger partial charge in [0, 0.05) is 6.54 Å². The fourth-order valence-electron chi connectivity index (χ4n) is 3.26. The van der Waals surface area contributed by atoms with Gasteiger partial charge in [0.05, 0.1) is 17.0 Å². The third-order valence-electron chi connectivity index (χ3n) is 4.37. The second-order valence-corrected chi connectivity index (χ2v) is 6.00. The molecule has 0 amide bonds. The lowest BCUT2D eigenvalue weighted by molar-refractivity contribution is 0.308. The monoisotopic (exact) mass is 270 g/mol. The average Bonchev–Trinajstić information content (AvgIpc) is 2.87. The minimum atomic E-state index is -1.32. The van der Waals surface area contributed by atoms with E-state index in [1.165, 1.54) is 19.3 Å². The van der Waals surface area contributed by atoms with E-state index >= 15 is 0 Å². The number of likely N-dealkylation sites (tertiary alicyclic amines) is 1. The molecule has 0 aromatic rings. The van der Waals surface area contributed by atoms with E-state index in [0.29, 0.717) is 5.92 Å². The Bertz CT molecular complexity index is 298.